The first-order chi connectivity index (χ1) is 14.3. The minimum absolute atomic E-state index is 0.174. The van der Waals surface area contributed by atoms with Crippen LogP contribution >= 0.6 is 15.9 Å². The molecule has 0 atom stereocenters. The molecule has 0 radical (unpaired) electrons. The van der Waals surface area contributed by atoms with E-state index in [0.717, 1.165) is 36.3 Å². The van der Waals surface area contributed by atoms with Gasteiger partial charge in [0.05, 0.1) is 30.3 Å². The van der Waals surface area contributed by atoms with Crippen molar-refractivity contribution in [3.63, 3.8) is 0 Å². The van der Waals surface area contributed by atoms with Crippen molar-refractivity contribution in [3.8, 4) is 0 Å². The number of fused-ring (bicyclic) bond motifs is 1. The third kappa shape index (κ3) is 4.32. The van der Waals surface area contributed by atoms with Crippen molar-refractivity contribution >= 4 is 38.7 Å². The van der Waals surface area contributed by atoms with E-state index >= 15 is 0 Å². The Hall–Kier alpha value is -2.51. The fourth-order valence-electron chi connectivity index (χ4n) is 3.46. The third-order valence-electron chi connectivity index (χ3n) is 5.07. The lowest BCUT2D eigenvalue weighted by atomic mass is 9.95. The molecule has 156 valence electrons. The number of hydrogen-bond acceptors (Lipinski definition) is 5. The van der Waals surface area contributed by atoms with Crippen molar-refractivity contribution in [3.05, 3.63) is 68.7 Å². The van der Waals surface area contributed by atoms with Crippen LogP contribution in [0.1, 0.15) is 32.2 Å². The molecule has 0 bridgehead atoms. The number of halogens is 1. The van der Waals surface area contributed by atoms with Gasteiger partial charge in [-0.1, -0.05) is 48.8 Å². The third-order valence-corrected chi connectivity index (χ3v) is 5.56. The average molecular weight is 469 g/mol. The molecule has 2 heterocycles. The Labute approximate surface area is 184 Å². The van der Waals surface area contributed by atoms with E-state index in [-0.39, 0.29) is 11.0 Å². The molecule has 3 aromatic rings. The van der Waals surface area contributed by atoms with Crippen LogP contribution in [0.15, 0.2) is 56.8 Å². The molecule has 2 aromatic carbocycles. The zero-order chi connectivity index (χ0) is 21.3. The zero-order valence-corrected chi connectivity index (χ0v) is 19.0. The zero-order valence-electron chi connectivity index (χ0n) is 17.4. The fourth-order valence-corrected chi connectivity index (χ4v) is 3.82. The summed E-state index contributed by atoms with van der Waals surface area (Å²) in [5.41, 5.74) is 2.26. The molecule has 1 saturated heterocycles. The molecule has 6 nitrogen and oxygen atoms in total. The van der Waals surface area contributed by atoms with Crippen LogP contribution in [0, 0.1) is 0 Å². The van der Waals surface area contributed by atoms with Gasteiger partial charge in [0.2, 0.25) is 0 Å². The van der Waals surface area contributed by atoms with Crippen LogP contribution in [0.4, 0.5) is 5.69 Å². The standard InChI is InChI=1S/C23H25BrN4O2/c1-23(2,3)22-26-20-9-6-17(24)14-19(20)21(29)28(22)25-15-16-4-7-18(8-5-16)27-10-12-30-13-11-27/h4-9,14-15H,10-13H2,1-3H3. The predicted molar refractivity (Wildman–Crippen MR) is 125 cm³/mol. The van der Waals surface area contributed by atoms with E-state index in [2.05, 4.69) is 38.1 Å². The second-order valence-corrected chi connectivity index (χ2v) is 9.32. The number of anilines is 1. The molecule has 1 aromatic heterocycles. The van der Waals surface area contributed by atoms with E-state index in [0.29, 0.717) is 16.7 Å². The van der Waals surface area contributed by atoms with Crippen molar-refractivity contribution in [2.45, 2.75) is 26.2 Å². The Bertz CT molecular complexity index is 1140. The van der Waals surface area contributed by atoms with Gasteiger partial charge in [-0.3, -0.25) is 4.79 Å². The number of aromatic nitrogens is 2. The fraction of sp³-hybridized carbons (Fsp3) is 0.348. The number of morpholine rings is 1. The maximum atomic E-state index is 13.2. The summed E-state index contributed by atoms with van der Waals surface area (Å²) in [4.78, 5) is 20.2. The number of rotatable bonds is 3. The van der Waals surface area contributed by atoms with Crippen LogP contribution in [0.2, 0.25) is 0 Å². The first-order valence-electron chi connectivity index (χ1n) is 10.0. The van der Waals surface area contributed by atoms with Gasteiger partial charge in [-0.15, -0.1) is 0 Å². The summed E-state index contributed by atoms with van der Waals surface area (Å²) in [6.07, 6.45) is 1.71. The summed E-state index contributed by atoms with van der Waals surface area (Å²) < 4.78 is 7.68. The van der Waals surface area contributed by atoms with E-state index in [4.69, 9.17) is 9.72 Å². The smallest absolute Gasteiger partial charge is 0.282 e. The molecule has 1 aliphatic rings. The molecular weight excluding hydrogens is 444 g/mol. The number of benzene rings is 2. The molecule has 0 spiro atoms. The van der Waals surface area contributed by atoms with E-state index in [9.17, 15) is 4.79 Å². The average Bonchev–Trinajstić information content (AvgIpc) is 2.73. The first-order valence-corrected chi connectivity index (χ1v) is 10.8. The lowest BCUT2D eigenvalue weighted by Crippen LogP contribution is -2.36. The highest BCUT2D eigenvalue weighted by Crippen LogP contribution is 2.23. The quantitative estimate of drug-likeness (QED) is 0.541. The van der Waals surface area contributed by atoms with Crippen LogP contribution in [0.3, 0.4) is 0 Å². The van der Waals surface area contributed by atoms with Crippen molar-refractivity contribution in [1.82, 2.24) is 9.66 Å². The molecular formula is C23H25BrN4O2. The molecule has 1 fully saturated rings. The van der Waals surface area contributed by atoms with Gasteiger partial charge in [0, 0.05) is 28.7 Å². The van der Waals surface area contributed by atoms with Crippen molar-refractivity contribution in [1.29, 1.82) is 0 Å². The van der Waals surface area contributed by atoms with Gasteiger partial charge in [-0.2, -0.15) is 9.78 Å². The summed E-state index contributed by atoms with van der Waals surface area (Å²) in [5, 5.41) is 5.07. The van der Waals surface area contributed by atoms with Gasteiger partial charge < -0.3 is 9.64 Å². The Kier molecular flexibility index (Phi) is 5.75. The summed E-state index contributed by atoms with van der Waals surface area (Å²) in [6, 6.07) is 13.7. The van der Waals surface area contributed by atoms with Gasteiger partial charge >= 0.3 is 0 Å². The van der Waals surface area contributed by atoms with Gasteiger partial charge in [0.15, 0.2) is 0 Å². The maximum Gasteiger partial charge on any atom is 0.282 e. The lowest BCUT2D eigenvalue weighted by Gasteiger charge is -2.28. The molecule has 30 heavy (non-hydrogen) atoms. The molecule has 0 aliphatic carbocycles. The number of ether oxygens (including phenoxy) is 1. The van der Waals surface area contributed by atoms with Crippen molar-refractivity contribution in [2.75, 3.05) is 31.2 Å². The predicted octanol–water partition coefficient (Wildman–Crippen LogP) is 4.18. The first kappa shape index (κ1) is 20.8. The number of nitrogens with zero attached hydrogens (tertiary/aromatic N) is 4. The van der Waals surface area contributed by atoms with E-state index in [1.165, 1.54) is 10.4 Å². The summed E-state index contributed by atoms with van der Waals surface area (Å²) >= 11 is 3.44. The highest BCUT2D eigenvalue weighted by Gasteiger charge is 2.22. The molecule has 7 heteroatoms. The minimum Gasteiger partial charge on any atom is -0.378 e. The molecule has 1 aliphatic heterocycles. The molecule has 4 rings (SSSR count). The van der Waals surface area contributed by atoms with Crippen molar-refractivity contribution < 1.29 is 4.74 Å². The molecule has 0 saturated carbocycles. The topological polar surface area (TPSA) is 59.7 Å². The van der Waals surface area contributed by atoms with Gasteiger partial charge in [0.1, 0.15) is 5.82 Å². The van der Waals surface area contributed by atoms with Crippen LogP contribution in [-0.4, -0.2) is 42.2 Å². The molecule has 0 unspecified atom stereocenters. The van der Waals surface area contributed by atoms with E-state index in [1.807, 2.05) is 45.0 Å². The van der Waals surface area contributed by atoms with Gasteiger partial charge in [-0.25, -0.2) is 4.98 Å². The molecule has 0 amide bonds. The van der Waals surface area contributed by atoms with Crippen LogP contribution in [0.25, 0.3) is 10.9 Å². The largest absolute Gasteiger partial charge is 0.378 e. The van der Waals surface area contributed by atoms with Crippen LogP contribution in [0.5, 0.6) is 0 Å². The highest BCUT2D eigenvalue weighted by atomic mass is 79.9. The van der Waals surface area contributed by atoms with Gasteiger partial charge in [0.25, 0.3) is 5.56 Å². The Balaban J connectivity index is 1.71. The Morgan fingerprint density at radius 1 is 1.10 bits per heavy atom. The Morgan fingerprint density at radius 3 is 2.47 bits per heavy atom. The second-order valence-electron chi connectivity index (χ2n) is 8.40. The van der Waals surface area contributed by atoms with Crippen molar-refractivity contribution in [2.24, 2.45) is 5.10 Å². The maximum absolute atomic E-state index is 13.2. The van der Waals surface area contributed by atoms with Crippen LogP contribution < -0.4 is 10.5 Å². The normalized spacial score (nSPS) is 15.3. The second kappa shape index (κ2) is 8.32. The number of hydrogen-bond donors (Lipinski definition) is 0. The van der Waals surface area contributed by atoms with Gasteiger partial charge in [-0.05, 0) is 35.9 Å². The van der Waals surface area contributed by atoms with E-state index in [1.54, 1.807) is 12.3 Å². The Morgan fingerprint density at radius 2 is 1.80 bits per heavy atom. The monoisotopic (exact) mass is 468 g/mol. The molecule has 0 N–H and O–H groups in total. The summed E-state index contributed by atoms with van der Waals surface area (Å²) in [6.45, 7) is 9.40. The summed E-state index contributed by atoms with van der Waals surface area (Å²) in [5.74, 6) is 0.628. The SMILES string of the molecule is CC(C)(C)c1nc2ccc(Br)cc2c(=O)n1N=Cc1ccc(N2CCOCC2)cc1. The minimum atomic E-state index is -0.335. The van der Waals surface area contributed by atoms with E-state index < -0.39 is 0 Å². The lowest BCUT2D eigenvalue weighted by molar-refractivity contribution is 0.122. The van der Waals surface area contributed by atoms with Crippen LogP contribution in [-0.2, 0) is 10.2 Å². The summed E-state index contributed by atoms with van der Waals surface area (Å²) in [7, 11) is 0. The highest BCUT2D eigenvalue weighted by molar-refractivity contribution is 9.10.